The Bertz CT molecular complexity index is 982. The second-order valence-corrected chi connectivity index (χ2v) is 9.64. The number of nitrogens with one attached hydrogen (secondary N) is 2. The smallest absolute Gasteiger partial charge is 0.317 e. The average molecular weight is 449 g/mol. The van der Waals surface area contributed by atoms with Crippen LogP contribution in [-0.4, -0.2) is 46.6 Å². The van der Waals surface area contributed by atoms with Crippen LogP contribution in [0.4, 0.5) is 10.5 Å². The van der Waals surface area contributed by atoms with Gasteiger partial charge in [-0.25, -0.2) is 4.79 Å². The molecule has 2 aromatic rings. The van der Waals surface area contributed by atoms with Gasteiger partial charge in [0, 0.05) is 50.5 Å². The number of pyridine rings is 1. The Morgan fingerprint density at radius 3 is 2.64 bits per heavy atom. The predicted molar refractivity (Wildman–Crippen MR) is 126 cm³/mol. The lowest BCUT2D eigenvalue weighted by Crippen LogP contribution is -2.54. The van der Waals surface area contributed by atoms with E-state index in [9.17, 15) is 9.59 Å². The first-order chi connectivity index (χ1) is 16.1. The number of fused-ring (bicyclic) bond motifs is 1. The highest BCUT2D eigenvalue weighted by atomic mass is 16.5. The van der Waals surface area contributed by atoms with Gasteiger partial charge in [-0.05, 0) is 43.0 Å². The number of hydrogen-bond donors (Lipinski definition) is 2. The Kier molecular flexibility index (Phi) is 6.20. The van der Waals surface area contributed by atoms with Crippen LogP contribution in [0.15, 0.2) is 48.8 Å². The fraction of sp³-hybridized carbons (Fsp3) is 0.500. The van der Waals surface area contributed by atoms with Crippen molar-refractivity contribution < 1.29 is 14.3 Å². The number of urea groups is 1. The third-order valence-corrected chi connectivity index (χ3v) is 7.33. The van der Waals surface area contributed by atoms with Crippen molar-refractivity contribution in [3.05, 3.63) is 54.4 Å². The molecular formula is C26H32N4O3. The Morgan fingerprint density at radius 1 is 1.09 bits per heavy atom. The lowest BCUT2D eigenvalue weighted by Gasteiger charge is -2.47. The molecule has 2 fully saturated rings. The summed E-state index contributed by atoms with van der Waals surface area (Å²) in [5, 5.41) is 6.17. The topological polar surface area (TPSA) is 83.6 Å². The molecular weight excluding hydrogens is 416 g/mol. The van der Waals surface area contributed by atoms with Gasteiger partial charge in [0.05, 0.1) is 11.9 Å². The van der Waals surface area contributed by atoms with Crippen LogP contribution in [0.1, 0.15) is 62.8 Å². The van der Waals surface area contributed by atoms with Crippen LogP contribution in [0.3, 0.4) is 0 Å². The van der Waals surface area contributed by atoms with Crippen LogP contribution in [0, 0.1) is 0 Å². The van der Waals surface area contributed by atoms with E-state index in [1.807, 2.05) is 35.2 Å². The quantitative estimate of drug-likeness (QED) is 0.723. The summed E-state index contributed by atoms with van der Waals surface area (Å²) in [6, 6.07) is 12.1. The van der Waals surface area contributed by atoms with Crippen LogP contribution in [0.5, 0.6) is 5.75 Å². The number of amides is 3. The molecule has 3 aliphatic rings. The molecule has 0 unspecified atom stereocenters. The second-order valence-electron chi connectivity index (χ2n) is 9.64. The van der Waals surface area contributed by atoms with E-state index in [1.165, 1.54) is 12.8 Å². The number of nitrogens with zero attached hydrogens (tertiary/aromatic N) is 2. The molecule has 3 amide bonds. The zero-order valence-corrected chi connectivity index (χ0v) is 19.0. The highest BCUT2D eigenvalue weighted by molar-refractivity contribution is 5.91. The molecule has 0 radical (unpaired) electrons. The third-order valence-electron chi connectivity index (χ3n) is 7.33. The minimum absolute atomic E-state index is 0.0202. The first kappa shape index (κ1) is 21.7. The molecule has 1 aromatic heterocycles. The van der Waals surface area contributed by atoms with Gasteiger partial charge in [0.25, 0.3) is 0 Å². The van der Waals surface area contributed by atoms with Gasteiger partial charge in [-0.2, -0.15) is 0 Å². The number of likely N-dealkylation sites (tertiary alicyclic amines) is 1. The molecule has 5 rings (SSSR count). The van der Waals surface area contributed by atoms with Crippen LogP contribution >= 0.6 is 0 Å². The van der Waals surface area contributed by atoms with Gasteiger partial charge in [-0.1, -0.05) is 31.0 Å². The monoisotopic (exact) mass is 448 g/mol. The number of ether oxygens (including phenoxy) is 1. The summed E-state index contributed by atoms with van der Waals surface area (Å²) >= 11 is 0. The molecule has 1 saturated carbocycles. The molecule has 1 aliphatic carbocycles. The average Bonchev–Trinajstić information content (AvgIpc) is 3.33. The number of para-hydroxylation sites is 1. The summed E-state index contributed by atoms with van der Waals surface area (Å²) < 4.78 is 6.55. The van der Waals surface area contributed by atoms with Gasteiger partial charge in [0.2, 0.25) is 5.91 Å². The number of aromatic nitrogens is 1. The molecule has 7 heteroatoms. The summed E-state index contributed by atoms with van der Waals surface area (Å²) in [6.45, 7) is 1.35. The summed E-state index contributed by atoms with van der Waals surface area (Å²) in [7, 11) is 0. The summed E-state index contributed by atoms with van der Waals surface area (Å²) in [6.07, 6.45) is 10.7. The molecule has 1 aromatic carbocycles. The highest BCUT2D eigenvalue weighted by Crippen LogP contribution is 2.46. The first-order valence-electron chi connectivity index (χ1n) is 12.1. The number of piperidine rings is 1. The number of carbonyl (C=O) groups excluding carboxylic acids is 2. The van der Waals surface area contributed by atoms with Crippen molar-refractivity contribution in [2.45, 2.75) is 68.9 Å². The van der Waals surface area contributed by atoms with E-state index in [0.717, 1.165) is 43.4 Å². The fourth-order valence-corrected chi connectivity index (χ4v) is 5.56. The van der Waals surface area contributed by atoms with E-state index in [1.54, 1.807) is 12.4 Å². The van der Waals surface area contributed by atoms with Crippen molar-refractivity contribution in [3.63, 3.8) is 0 Å². The number of anilines is 1. The zero-order valence-electron chi connectivity index (χ0n) is 19.0. The molecule has 3 heterocycles. The van der Waals surface area contributed by atoms with E-state index in [0.29, 0.717) is 31.2 Å². The maximum atomic E-state index is 12.8. The van der Waals surface area contributed by atoms with Crippen molar-refractivity contribution in [2.24, 2.45) is 0 Å². The second kappa shape index (κ2) is 9.41. The fourth-order valence-electron chi connectivity index (χ4n) is 5.56. The van der Waals surface area contributed by atoms with Crippen LogP contribution in [0.2, 0.25) is 0 Å². The van der Waals surface area contributed by atoms with Gasteiger partial charge < -0.3 is 20.3 Å². The Morgan fingerprint density at radius 2 is 1.88 bits per heavy atom. The van der Waals surface area contributed by atoms with Gasteiger partial charge in [-0.3, -0.25) is 9.78 Å². The lowest BCUT2D eigenvalue weighted by molar-refractivity contribution is -0.117. The van der Waals surface area contributed by atoms with E-state index < -0.39 is 0 Å². The number of benzene rings is 1. The largest absolute Gasteiger partial charge is 0.487 e. The zero-order chi connectivity index (χ0) is 22.7. The molecule has 1 saturated heterocycles. The first-order valence-corrected chi connectivity index (χ1v) is 12.1. The van der Waals surface area contributed by atoms with Gasteiger partial charge in [0.1, 0.15) is 11.4 Å². The van der Waals surface area contributed by atoms with Crippen molar-refractivity contribution in [1.82, 2.24) is 15.2 Å². The molecule has 174 valence electrons. The summed E-state index contributed by atoms with van der Waals surface area (Å²) in [5.74, 6) is 0.922. The van der Waals surface area contributed by atoms with E-state index in [2.05, 4.69) is 21.7 Å². The molecule has 1 atom stereocenters. The predicted octanol–water partition coefficient (Wildman–Crippen LogP) is 4.46. The minimum Gasteiger partial charge on any atom is -0.487 e. The Balaban J connectivity index is 1.25. The summed E-state index contributed by atoms with van der Waals surface area (Å²) in [4.78, 5) is 31.5. The molecule has 0 bridgehead atoms. The third kappa shape index (κ3) is 4.97. The van der Waals surface area contributed by atoms with Crippen LogP contribution < -0.4 is 15.4 Å². The molecule has 2 aliphatic heterocycles. The maximum Gasteiger partial charge on any atom is 0.317 e. The van der Waals surface area contributed by atoms with Crippen molar-refractivity contribution in [2.75, 3.05) is 18.4 Å². The molecule has 2 N–H and O–H groups in total. The van der Waals surface area contributed by atoms with Crippen LogP contribution in [-0.2, 0) is 4.79 Å². The Hall–Kier alpha value is -3.09. The molecule has 33 heavy (non-hydrogen) atoms. The van der Waals surface area contributed by atoms with E-state index in [-0.39, 0.29) is 23.5 Å². The van der Waals surface area contributed by atoms with Crippen LogP contribution in [0.25, 0.3) is 0 Å². The van der Waals surface area contributed by atoms with Gasteiger partial charge in [-0.15, -0.1) is 0 Å². The molecule has 1 spiro atoms. The van der Waals surface area contributed by atoms with Crippen molar-refractivity contribution in [1.29, 1.82) is 0 Å². The lowest BCUT2D eigenvalue weighted by atomic mass is 9.76. The van der Waals surface area contributed by atoms with Gasteiger partial charge >= 0.3 is 6.03 Å². The van der Waals surface area contributed by atoms with E-state index in [4.69, 9.17) is 4.74 Å². The number of hydrogen-bond acceptors (Lipinski definition) is 4. The van der Waals surface area contributed by atoms with Crippen molar-refractivity contribution >= 4 is 17.6 Å². The number of carbonyl (C=O) groups is 2. The maximum absolute atomic E-state index is 12.8. The van der Waals surface area contributed by atoms with Gasteiger partial charge in [0.15, 0.2) is 0 Å². The normalized spacial score (nSPS) is 21.8. The Labute approximate surface area is 194 Å². The van der Waals surface area contributed by atoms with E-state index >= 15 is 0 Å². The van der Waals surface area contributed by atoms with Crippen molar-refractivity contribution in [3.8, 4) is 5.75 Å². The minimum atomic E-state index is -0.336. The molecule has 7 nitrogen and oxygen atoms in total. The number of rotatable bonds is 4. The SMILES string of the molecule is O=C(C[C@H]1CC2(CCN(C(=O)NC3CCCC3)CC2)Oc2ccccc21)Nc1cccnc1. The summed E-state index contributed by atoms with van der Waals surface area (Å²) in [5.41, 5.74) is 1.46. The standard InChI is InChI=1S/C26H32N4O3/c31-24(28-21-8-5-13-27-18-21)16-19-17-26(33-23-10-4-3-9-22(19)23)11-14-30(15-12-26)25(32)29-20-6-1-2-7-20/h3-5,8-10,13,18-20H,1-2,6-7,11-12,14-17H2,(H,28,31)(H,29,32)/t19-/m0/s1. The highest BCUT2D eigenvalue weighted by Gasteiger charge is 2.44.